The number of carboxylic acid groups (broad SMARTS) is 1. The molecule has 4 nitrogen and oxygen atoms in total. The first-order valence-electron chi connectivity index (χ1n) is 10.3. The Morgan fingerprint density at radius 3 is 2.61 bits per heavy atom. The van der Waals surface area contributed by atoms with Crippen molar-refractivity contribution in [3.05, 3.63) is 69.6 Å². The molecule has 1 aromatic heterocycles. The van der Waals surface area contributed by atoms with Crippen molar-refractivity contribution in [3.63, 3.8) is 0 Å². The van der Waals surface area contributed by atoms with Crippen molar-refractivity contribution in [1.82, 2.24) is 9.88 Å². The fourth-order valence-corrected chi connectivity index (χ4v) is 4.24. The lowest BCUT2D eigenvalue weighted by molar-refractivity contribution is 0.0694. The number of aromatic carboxylic acids is 1. The Bertz CT molecular complexity index is 877. The quantitative estimate of drug-likeness (QED) is 0.492. The number of benzene rings is 1. The van der Waals surface area contributed by atoms with Crippen molar-refractivity contribution in [2.24, 2.45) is 0 Å². The van der Waals surface area contributed by atoms with Crippen LogP contribution in [0.25, 0.3) is 0 Å². The number of carboxylic acids is 1. The van der Waals surface area contributed by atoms with Crippen LogP contribution in [0.2, 0.25) is 0 Å². The topological polar surface area (TPSA) is 54.3 Å². The molecule has 0 saturated carbocycles. The van der Waals surface area contributed by atoms with Crippen LogP contribution in [0.15, 0.2) is 35.9 Å². The van der Waals surface area contributed by atoms with Crippen LogP contribution in [-0.4, -0.2) is 22.2 Å². The third-order valence-corrected chi connectivity index (χ3v) is 6.02. The minimum atomic E-state index is -0.837. The van der Waals surface area contributed by atoms with Gasteiger partial charge in [0.05, 0.1) is 5.56 Å². The number of hydrogen-bond donors (Lipinski definition) is 2. The summed E-state index contributed by atoms with van der Waals surface area (Å²) in [6.07, 6.45) is 8.47. The average Bonchev–Trinajstić information content (AvgIpc) is 2.92. The Morgan fingerprint density at radius 2 is 1.93 bits per heavy atom. The molecule has 0 amide bonds. The molecule has 0 aliphatic heterocycles. The van der Waals surface area contributed by atoms with Crippen molar-refractivity contribution < 1.29 is 9.90 Å². The van der Waals surface area contributed by atoms with Gasteiger partial charge in [0.2, 0.25) is 0 Å². The van der Waals surface area contributed by atoms with Crippen LogP contribution in [0, 0.1) is 20.8 Å². The summed E-state index contributed by atoms with van der Waals surface area (Å²) in [4.78, 5) is 12.0. The maximum absolute atomic E-state index is 12.0. The van der Waals surface area contributed by atoms with Gasteiger partial charge in [0.15, 0.2) is 0 Å². The van der Waals surface area contributed by atoms with Gasteiger partial charge in [-0.3, -0.25) is 0 Å². The smallest absolute Gasteiger partial charge is 0.337 e. The maximum atomic E-state index is 12.0. The van der Waals surface area contributed by atoms with E-state index in [1.54, 1.807) is 5.57 Å². The molecule has 3 rings (SSSR count). The lowest BCUT2D eigenvalue weighted by Gasteiger charge is -2.13. The molecule has 4 heteroatoms. The molecule has 150 valence electrons. The molecule has 1 aliphatic carbocycles. The van der Waals surface area contributed by atoms with E-state index in [1.165, 1.54) is 36.8 Å². The lowest BCUT2D eigenvalue weighted by atomic mass is 9.97. The number of nitrogens with zero attached hydrogens (tertiary/aromatic N) is 1. The molecule has 1 aromatic carbocycles. The third kappa shape index (κ3) is 4.56. The van der Waals surface area contributed by atoms with E-state index in [0.29, 0.717) is 18.7 Å². The predicted molar refractivity (Wildman–Crippen MR) is 114 cm³/mol. The van der Waals surface area contributed by atoms with Crippen LogP contribution in [-0.2, 0) is 13.1 Å². The number of aromatic nitrogens is 1. The summed E-state index contributed by atoms with van der Waals surface area (Å²) in [6, 6.07) is 8.29. The van der Waals surface area contributed by atoms with Gasteiger partial charge in [-0.25, -0.2) is 4.79 Å². The zero-order chi connectivity index (χ0) is 20.1. The number of allylic oxidation sites excluding steroid dienone is 1. The van der Waals surface area contributed by atoms with Gasteiger partial charge in [0, 0.05) is 30.0 Å². The van der Waals surface area contributed by atoms with Crippen LogP contribution in [0.3, 0.4) is 0 Å². The molecule has 1 heterocycles. The van der Waals surface area contributed by atoms with Crippen molar-refractivity contribution >= 4 is 5.97 Å². The van der Waals surface area contributed by atoms with E-state index in [0.717, 1.165) is 29.9 Å². The van der Waals surface area contributed by atoms with E-state index in [9.17, 15) is 9.90 Å². The van der Waals surface area contributed by atoms with Crippen molar-refractivity contribution in [2.45, 2.75) is 66.0 Å². The standard InChI is InChI=1S/C24H32N2O2/c1-17-9-7-8-12-21(17)16-26-18(2)22(23(19(26)3)24(27)28)15-25-14-13-20-10-5-4-6-11-20/h7-10,12,25H,4-6,11,13-16H2,1-3H3,(H,27,28). The fraction of sp³-hybridized carbons (Fsp3) is 0.458. The first-order chi connectivity index (χ1) is 13.5. The Balaban J connectivity index is 1.75. The second-order valence-corrected chi connectivity index (χ2v) is 7.88. The Labute approximate surface area is 168 Å². The summed E-state index contributed by atoms with van der Waals surface area (Å²) in [5, 5.41) is 13.3. The number of carbonyl (C=O) groups is 1. The molecule has 1 aliphatic rings. The van der Waals surface area contributed by atoms with E-state index in [2.05, 4.69) is 35.0 Å². The van der Waals surface area contributed by atoms with E-state index in [1.807, 2.05) is 26.0 Å². The fourth-order valence-electron chi connectivity index (χ4n) is 4.24. The highest BCUT2D eigenvalue weighted by Crippen LogP contribution is 2.25. The van der Waals surface area contributed by atoms with Gasteiger partial charge in [-0.15, -0.1) is 0 Å². The minimum absolute atomic E-state index is 0.454. The van der Waals surface area contributed by atoms with Gasteiger partial charge < -0.3 is 15.0 Å². The molecule has 2 N–H and O–H groups in total. The summed E-state index contributed by atoms with van der Waals surface area (Å²) in [7, 11) is 0. The van der Waals surface area contributed by atoms with Gasteiger partial charge in [-0.1, -0.05) is 35.9 Å². The molecule has 2 aromatic rings. The zero-order valence-corrected chi connectivity index (χ0v) is 17.3. The van der Waals surface area contributed by atoms with E-state index in [-0.39, 0.29) is 0 Å². The summed E-state index contributed by atoms with van der Waals surface area (Å²) < 4.78 is 2.15. The normalized spacial score (nSPS) is 14.2. The van der Waals surface area contributed by atoms with Crippen LogP contribution in [0.1, 0.15) is 70.5 Å². The lowest BCUT2D eigenvalue weighted by Crippen LogP contribution is -2.18. The van der Waals surface area contributed by atoms with E-state index in [4.69, 9.17) is 0 Å². The van der Waals surface area contributed by atoms with Crippen molar-refractivity contribution in [1.29, 1.82) is 0 Å². The van der Waals surface area contributed by atoms with Crippen LogP contribution >= 0.6 is 0 Å². The first kappa shape index (κ1) is 20.4. The number of hydrogen-bond acceptors (Lipinski definition) is 2. The van der Waals surface area contributed by atoms with Crippen LogP contribution < -0.4 is 5.32 Å². The first-order valence-corrected chi connectivity index (χ1v) is 10.3. The molecular formula is C24H32N2O2. The maximum Gasteiger partial charge on any atom is 0.337 e. The monoisotopic (exact) mass is 380 g/mol. The van der Waals surface area contributed by atoms with Crippen LogP contribution in [0.5, 0.6) is 0 Å². The molecule has 0 saturated heterocycles. The molecular weight excluding hydrogens is 348 g/mol. The number of nitrogens with one attached hydrogen (secondary N) is 1. The second-order valence-electron chi connectivity index (χ2n) is 7.88. The van der Waals surface area contributed by atoms with Crippen molar-refractivity contribution in [3.8, 4) is 0 Å². The largest absolute Gasteiger partial charge is 0.478 e. The Morgan fingerprint density at radius 1 is 1.14 bits per heavy atom. The summed E-state index contributed by atoms with van der Waals surface area (Å²) in [5.74, 6) is -0.837. The molecule has 0 unspecified atom stereocenters. The molecule has 0 radical (unpaired) electrons. The summed E-state index contributed by atoms with van der Waals surface area (Å²) >= 11 is 0. The number of aryl methyl sites for hydroxylation is 1. The van der Waals surface area contributed by atoms with Crippen LogP contribution in [0.4, 0.5) is 0 Å². The van der Waals surface area contributed by atoms with E-state index >= 15 is 0 Å². The van der Waals surface area contributed by atoms with Gasteiger partial charge in [-0.2, -0.15) is 0 Å². The second kappa shape index (κ2) is 9.24. The van der Waals surface area contributed by atoms with E-state index < -0.39 is 5.97 Å². The van der Waals surface area contributed by atoms with Gasteiger partial charge in [0.1, 0.15) is 0 Å². The molecule has 0 spiro atoms. The third-order valence-electron chi connectivity index (χ3n) is 6.02. The summed E-state index contributed by atoms with van der Waals surface area (Å²) in [6.45, 7) is 8.26. The summed E-state index contributed by atoms with van der Waals surface area (Å²) in [5.41, 5.74) is 7.24. The SMILES string of the molecule is Cc1ccccc1Cn1c(C)c(CNCCC2=CCCCC2)c(C(=O)O)c1C. The molecule has 0 atom stereocenters. The number of rotatable bonds is 8. The predicted octanol–water partition coefficient (Wildman–Crippen LogP) is 5.14. The van der Waals surface area contributed by atoms with Gasteiger partial charge in [-0.05, 0) is 70.5 Å². The highest BCUT2D eigenvalue weighted by molar-refractivity contribution is 5.91. The highest BCUT2D eigenvalue weighted by Gasteiger charge is 2.22. The molecule has 0 fully saturated rings. The zero-order valence-electron chi connectivity index (χ0n) is 17.3. The van der Waals surface area contributed by atoms with Gasteiger partial charge >= 0.3 is 5.97 Å². The Kier molecular flexibility index (Phi) is 6.74. The van der Waals surface area contributed by atoms with Gasteiger partial charge in [0.25, 0.3) is 0 Å². The average molecular weight is 381 g/mol. The molecule has 0 bridgehead atoms. The van der Waals surface area contributed by atoms with Crippen molar-refractivity contribution in [2.75, 3.05) is 6.54 Å². The minimum Gasteiger partial charge on any atom is -0.478 e. The molecule has 28 heavy (non-hydrogen) atoms. The Hall–Kier alpha value is -2.33. The highest BCUT2D eigenvalue weighted by atomic mass is 16.4.